The van der Waals surface area contributed by atoms with Crippen LogP contribution in [0.15, 0.2) is 18.2 Å². The van der Waals surface area contributed by atoms with Crippen LogP contribution in [0, 0.1) is 12.8 Å². The van der Waals surface area contributed by atoms with Gasteiger partial charge in [0.15, 0.2) is 0 Å². The Balaban J connectivity index is 2.61. The molecule has 0 fully saturated rings. The normalized spacial score (nSPS) is 12.0. The zero-order valence-electron chi connectivity index (χ0n) is 9.71. The van der Waals surface area contributed by atoms with Crippen molar-refractivity contribution < 1.29 is 9.53 Å². The fraction of sp³-hybridized carbons (Fsp3) is 0.417. The maximum Gasteiger partial charge on any atom is 0.310 e. The topological polar surface area (TPSA) is 38.3 Å². The summed E-state index contributed by atoms with van der Waals surface area (Å²) < 4.78 is 4.65. The first kappa shape index (κ1) is 12.8. The minimum absolute atomic E-state index is 0.177. The highest BCUT2D eigenvalue weighted by Gasteiger charge is 2.13. The van der Waals surface area contributed by atoms with E-state index in [0.29, 0.717) is 6.54 Å². The van der Waals surface area contributed by atoms with Crippen LogP contribution in [0.25, 0.3) is 0 Å². The second kappa shape index (κ2) is 5.75. The van der Waals surface area contributed by atoms with Crippen molar-refractivity contribution in [2.24, 2.45) is 5.92 Å². The number of hydrogen-bond donors (Lipinski definition) is 1. The van der Waals surface area contributed by atoms with Crippen molar-refractivity contribution in [2.45, 2.75) is 13.8 Å². The molecule has 0 aliphatic heterocycles. The highest BCUT2D eigenvalue weighted by atomic mass is 35.5. The third-order valence-electron chi connectivity index (χ3n) is 2.47. The van der Waals surface area contributed by atoms with Crippen LogP contribution >= 0.6 is 11.6 Å². The zero-order valence-corrected chi connectivity index (χ0v) is 10.5. The Morgan fingerprint density at radius 3 is 2.88 bits per heavy atom. The first-order chi connectivity index (χ1) is 7.56. The minimum atomic E-state index is -0.216. The molecule has 0 radical (unpaired) electrons. The molecular formula is C12H16ClNO2. The molecule has 0 heterocycles. The Bertz CT molecular complexity index is 379. The largest absolute Gasteiger partial charge is 0.469 e. The van der Waals surface area contributed by atoms with Crippen molar-refractivity contribution in [1.82, 2.24) is 0 Å². The van der Waals surface area contributed by atoms with Crippen LogP contribution in [0.1, 0.15) is 12.5 Å². The van der Waals surface area contributed by atoms with Gasteiger partial charge < -0.3 is 10.1 Å². The van der Waals surface area contributed by atoms with Crippen LogP contribution in [0.4, 0.5) is 5.69 Å². The molecule has 1 aromatic rings. The lowest BCUT2D eigenvalue weighted by Gasteiger charge is -2.13. The summed E-state index contributed by atoms with van der Waals surface area (Å²) in [5.41, 5.74) is 1.93. The Morgan fingerprint density at radius 2 is 2.25 bits per heavy atom. The monoisotopic (exact) mass is 241 g/mol. The third-order valence-corrected chi connectivity index (χ3v) is 2.88. The number of methoxy groups -OCH3 is 1. The van der Waals surface area contributed by atoms with Crippen LogP contribution in [-0.4, -0.2) is 19.6 Å². The number of carbonyl (C=O) groups is 1. The number of anilines is 1. The van der Waals surface area contributed by atoms with Gasteiger partial charge in [-0.3, -0.25) is 4.79 Å². The number of halogens is 1. The quantitative estimate of drug-likeness (QED) is 0.824. The average Bonchev–Trinajstić information content (AvgIpc) is 2.29. The van der Waals surface area contributed by atoms with Gasteiger partial charge in [0.05, 0.1) is 13.0 Å². The molecule has 0 spiro atoms. The molecule has 0 aromatic heterocycles. The van der Waals surface area contributed by atoms with Gasteiger partial charge in [0.25, 0.3) is 0 Å². The van der Waals surface area contributed by atoms with E-state index in [-0.39, 0.29) is 11.9 Å². The molecule has 0 bridgehead atoms. The molecule has 88 valence electrons. The summed E-state index contributed by atoms with van der Waals surface area (Å²) >= 11 is 5.99. The molecule has 0 aliphatic carbocycles. The summed E-state index contributed by atoms with van der Waals surface area (Å²) in [5.74, 6) is -0.393. The van der Waals surface area contributed by atoms with Crippen LogP contribution in [0.2, 0.25) is 5.02 Å². The third kappa shape index (κ3) is 3.14. The molecule has 0 amide bonds. The van der Waals surface area contributed by atoms with Gasteiger partial charge in [0.1, 0.15) is 0 Å². The lowest BCUT2D eigenvalue weighted by molar-refractivity contribution is -0.144. The number of carbonyl (C=O) groups excluding carboxylic acids is 1. The van der Waals surface area contributed by atoms with Crippen LogP contribution in [0.3, 0.4) is 0 Å². The molecule has 1 aromatic carbocycles. The molecule has 3 nitrogen and oxygen atoms in total. The van der Waals surface area contributed by atoms with E-state index in [1.54, 1.807) is 0 Å². The van der Waals surface area contributed by atoms with E-state index in [0.717, 1.165) is 16.3 Å². The van der Waals surface area contributed by atoms with Crippen molar-refractivity contribution in [2.75, 3.05) is 19.0 Å². The molecule has 1 atom stereocenters. The highest BCUT2D eigenvalue weighted by molar-refractivity contribution is 6.31. The Morgan fingerprint density at radius 1 is 1.56 bits per heavy atom. The fourth-order valence-electron chi connectivity index (χ4n) is 1.35. The van der Waals surface area contributed by atoms with Crippen LogP contribution < -0.4 is 5.32 Å². The molecular weight excluding hydrogens is 226 g/mol. The summed E-state index contributed by atoms with van der Waals surface area (Å²) in [6.07, 6.45) is 0. The summed E-state index contributed by atoms with van der Waals surface area (Å²) in [6, 6.07) is 5.65. The molecule has 1 rings (SSSR count). The Hall–Kier alpha value is -1.22. The smallest absolute Gasteiger partial charge is 0.310 e. The van der Waals surface area contributed by atoms with Crippen LogP contribution in [0.5, 0.6) is 0 Å². The summed E-state index contributed by atoms with van der Waals surface area (Å²) in [5, 5.41) is 3.90. The first-order valence-corrected chi connectivity index (χ1v) is 5.51. The van der Waals surface area contributed by atoms with E-state index in [1.807, 2.05) is 32.0 Å². The van der Waals surface area contributed by atoms with Gasteiger partial charge in [0, 0.05) is 17.3 Å². The summed E-state index contributed by atoms with van der Waals surface area (Å²) in [4.78, 5) is 11.2. The Kier molecular flexibility index (Phi) is 4.62. The second-order valence-corrected chi connectivity index (χ2v) is 4.12. The Labute approximate surface area is 101 Å². The highest BCUT2D eigenvalue weighted by Crippen LogP contribution is 2.23. The lowest BCUT2D eigenvalue weighted by Crippen LogP contribution is -2.21. The number of hydrogen-bond acceptors (Lipinski definition) is 3. The van der Waals surface area contributed by atoms with E-state index in [2.05, 4.69) is 10.1 Å². The predicted molar refractivity (Wildman–Crippen MR) is 65.9 cm³/mol. The second-order valence-electron chi connectivity index (χ2n) is 3.72. The van der Waals surface area contributed by atoms with Crippen LogP contribution in [-0.2, 0) is 9.53 Å². The molecule has 1 unspecified atom stereocenters. The number of benzene rings is 1. The van der Waals surface area contributed by atoms with Gasteiger partial charge in [-0.2, -0.15) is 0 Å². The molecule has 4 heteroatoms. The molecule has 0 aliphatic rings. The van der Waals surface area contributed by atoms with E-state index in [9.17, 15) is 4.79 Å². The van der Waals surface area contributed by atoms with Gasteiger partial charge in [-0.25, -0.2) is 0 Å². The number of rotatable bonds is 4. The molecule has 1 N–H and O–H groups in total. The number of esters is 1. The standard InChI is InChI=1S/C12H16ClNO2/c1-8(12(15)16-3)7-14-11-6-4-5-10(13)9(11)2/h4-6,8,14H,7H2,1-3H3. The van der Waals surface area contributed by atoms with E-state index >= 15 is 0 Å². The molecule has 0 saturated carbocycles. The van der Waals surface area contributed by atoms with Crippen molar-refractivity contribution in [3.05, 3.63) is 28.8 Å². The van der Waals surface area contributed by atoms with Gasteiger partial charge in [-0.1, -0.05) is 24.6 Å². The first-order valence-electron chi connectivity index (χ1n) is 5.13. The van der Waals surface area contributed by atoms with Gasteiger partial charge in [0.2, 0.25) is 0 Å². The van der Waals surface area contributed by atoms with Crippen molar-refractivity contribution >= 4 is 23.3 Å². The minimum Gasteiger partial charge on any atom is -0.469 e. The van der Waals surface area contributed by atoms with Crippen molar-refractivity contribution in [3.8, 4) is 0 Å². The average molecular weight is 242 g/mol. The maximum absolute atomic E-state index is 11.2. The predicted octanol–water partition coefficient (Wildman–Crippen LogP) is 2.87. The molecule has 16 heavy (non-hydrogen) atoms. The van der Waals surface area contributed by atoms with Crippen molar-refractivity contribution in [1.29, 1.82) is 0 Å². The number of nitrogens with one attached hydrogen (secondary N) is 1. The lowest BCUT2D eigenvalue weighted by atomic mass is 10.1. The summed E-state index contributed by atoms with van der Waals surface area (Å²) in [6.45, 7) is 4.29. The summed E-state index contributed by atoms with van der Waals surface area (Å²) in [7, 11) is 1.39. The van der Waals surface area contributed by atoms with Gasteiger partial charge in [-0.05, 0) is 24.6 Å². The maximum atomic E-state index is 11.2. The number of ether oxygens (including phenoxy) is 1. The fourth-order valence-corrected chi connectivity index (χ4v) is 1.52. The van der Waals surface area contributed by atoms with E-state index in [1.165, 1.54) is 7.11 Å². The van der Waals surface area contributed by atoms with Gasteiger partial charge >= 0.3 is 5.97 Å². The van der Waals surface area contributed by atoms with E-state index in [4.69, 9.17) is 11.6 Å². The SMILES string of the molecule is COC(=O)C(C)CNc1cccc(Cl)c1C. The van der Waals surface area contributed by atoms with Crippen molar-refractivity contribution in [3.63, 3.8) is 0 Å². The zero-order chi connectivity index (χ0) is 12.1. The van der Waals surface area contributed by atoms with Gasteiger partial charge in [-0.15, -0.1) is 0 Å². The molecule has 0 saturated heterocycles. The van der Waals surface area contributed by atoms with E-state index < -0.39 is 0 Å².